The van der Waals surface area contributed by atoms with Crippen LogP contribution in [0.5, 0.6) is 0 Å². The van der Waals surface area contributed by atoms with Crippen molar-refractivity contribution in [1.82, 2.24) is 0 Å². The minimum Gasteiger partial charge on any atom is -0.379 e. The van der Waals surface area contributed by atoms with Crippen molar-refractivity contribution >= 4 is 25.8 Å². The van der Waals surface area contributed by atoms with Crippen molar-refractivity contribution in [2.24, 2.45) is 5.73 Å². The Bertz CT molecular complexity index is 497. The molecule has 0 atom stereocenters. The smallest absolute Gasteiger partial charge is 0.186 e. The Morgan fingerprint density at radius 3 is 2.56 bits per heavy atom. The summed E-state index contributed by atoms with van der Waals surface area (Å²) in [5, 5.41) is -0.410. The monoisotopic (exact) mass is 305 g/mol. The molecule has 88 valence electrons. The van der Waals surface area contributed by atoms with Crippen LogP contribution >= 0.6 is 15.9 Å². The molecule has 0 aromatic heterocycles. The van der Waals surface area contributed by atoms with Gasteiger partial charge in [-0.25, -0.2) is 8.42 Å². The zero-order chi connectivity index (χ0) is 11.8. The van der Waals surface area contributed by atoms with Crippen LogP contribution in [-0.4, -0.2) is 26.9 Å². The molecule has 2 N–H and O–H groups in total. The van der Waals surface area contributed by atoms with Crippen LogP contribution in [-0.2, 0) is 21.1 Å². The third-order valence-corrected chi connectivity index (χ3v) is 5.62. The fourth-order valence-electron chi connectivity index (χ4n) is 1.47. The Morgan fingerprint density at radius 2 is 2.12 bits per heavy atom. The molecule has 0 radical (unpaired) electrons. The van der Waals surface area contributed by atoms with Crippen molar-refractivity contribution in [3.05, 3.63) is 28.2 Å². The predicted octanol–water partition coefficient (Wildman–Crippen LogP) is 1.08. The summed E-state index contributed by atoms with van der Waals surface area (Å²) >= 11 is 3.27. The van der Waals surface area contributed by atoms with Crippen molar-refractivity contribution in [2.45, 2.75) is 16.7 Å². The van der Waals surface area contributed by atoms with Crippen molar-refractivity contribution in [2.75, 3.05) is 13.2 Å². The van der Waals surface area contributed by atoms with Gasteiger partial charge in [0.05, 0.1) is 18.1 Å². The summed E-state index contributed by atoms with van der Waals surface area (Å²) in [5.74, 6) is 0. The number of rotatable bonds is 3. The van der Waals surface area contributed by atoms with Gasteiger partial charge < -0.3 is 10.5 Å². The van der Waals surface area contributed by atoms with Crippen molar-refractivity contribution < 1.29 is 13.2 Å². The maximum absolute atomic E-state index is 12.1. The Kier molecular flexibility index (Phi) is 3.34. The van der Waals surface area contributed by atoms with Gasteiger partial charge in [-0.3, -0.25) is 0 Å². The number of halogens is 1. The highest BCUT2D eigenvalue weighted by Crippen LogP contribution is 2.28. The van der Waals surface area contributed by atoms with E-state index in [1.807, 2.05) is 0 Å². The quantitative estimate of drug-likeness (QED) is 0.907. The van der Waals surface area contributed by atoms with E-state index in [9.17, 15) is 8.42 Å². The third kappa shape index (κ3) is 2.02. The topological polar surface area (TPSA) is 69.4 Å². The van der Waals surface area contributed by atoms with Crippen molar-refractivity contribution in [3.63, 3.8) is 0 Å². The van der Waals surface area contributed by atoms with Gasteiger partial charge >= 0.3 is 0 Å². The molecule has 1 aliphatic heterocycles. The lowest BCUT2D eigenvalue weighted by Crippen LogP contribution is -2.40. The van der Waals surface area contributed by atoms with E-state index in [-0.39, 0.29) is 13.2 Å². The average molecular weight is 306 g/mol. The Balaban J connectivity index is 2.40. The third-order valence-electron chi connectivity index (χ3n) is 2.58. The maximum Gasteiger partial charge on any atom is 0.186 e. The van der Waals surface area contributed by atoms with E-state index in [4.69, 9.17) is 10.5 Å². The highest BCUT2D eigenvalue weighted by molar-refractivity contribution is 9.10. The summed E-state index contributed by atoms with van der Waals surface area (Å²) < 4.78 is 29.7. The van der Waals surface area contributed by atoms with E-state index < -0.39 is 15.1 Å². The number of nitrogens with two attached hydrogens (primary N) is 1. The molecule has 2 rings (SSSR count). The van der Waals surface area contributed by atoms with E-state index in [1.54, 1.807) is 18.2 Å². The SMILES string of the molecule is NCc1ccc(S(=O)(=O)C2COC2)c(Br)c1. The molecule has 0 unspecified atom stereocenters. The van der Waals surface area contributed by atoms with Gasteiger partial charge in [0.25, 0.3) is 0 Å². The lowest BCUT2D eigenvalue weighted by molar-refractivity contribution is 0.0416. The van der Waals surface area contributed by atoms with Gasteiger partial charge in [-0.15, -0.1) is 0 Å². The van der Waals surface area contributed by atoms with E-state index in [1.165, 1.54) is 0 Å². The standard InChI is InChI=1S/C10H12BrNO3S/c11-9-3-7(4-12)1-2-10(9)16(13,14)8-5-15-6-8/h1-3,8H,4-6,12H2. The first-order chi connectivity index (χ1) is 7.55. The zero-order valence-corrected chi connectivity index (χ0v) is 10.9. The van der Waals surface area contributed by atoms with Crippen LogP contribution in [0.15, 0.2) is 27.6 Å². The van der Waals surface area contributed by atoms with Crippen LogP contribution < -0.4 is 5.73 Å². The van der Waals surface area contributed by atoms with Crippen LogP contribution in [0, 0.1) is 0 Å². The van der Waals surface area contributed by atoms with Gasteiger partial charge in [0.1, 0.15) is 5.25 Å². The van der Waals surface area contributed by atoms with Gasteiger partial charge in [0, 0.05) is 11.0 Å². The van der Waals surface area contributed by atoms with Gasteiger partial charge in [-0.2, -0.15) is 0 Å². The Morgan fingerprint density at radius 1 is 1.44 bits per heavy atom. The molecule has 4 nitrogen and oxygen atoms in total. The van der Waals surface area contributed by atoms with Crippen LogP contribution in [0.4, 0.5) is 0 Å². The van der Waals surface area contributed by atoms with E-state index >= 15 is 0 Å². The van der Waals surface area contributed by atoms with E-state index in [0.717, 1.165) is 5.56 Å². The molecule has 1 fully saturated rings. The van der Waals surface area contributed by atoms with Crippen LogP contribution in [0.2, 0.25) is 0 Å². The zero-order valence-electron chi connectivity index (χ0n) is 8.52. The number of benzene rings is 1. The summed E-state index contributed by atoms with van der Waals surface area (Å²) in [7, 11) is -3.27. The van der Waals surface area contributed by atoms with Gasteiger partial charge in [-0.1, -0.05) is 6.07 Å². The van der Waals surface area contributed by atoms with Gasteiger partial charge in [0.15, 0.2) is 9.84 Å². The first kappa shape index (κ1) is 12.0. The molecule has 1 aromatic rings. The predicted molar refractivity (Wildman–Crippen MR) is 63.8 cm³/mol. The number of sulfone groups is 1. The van der Waals surface area contributed by atoms with Crippen LogP contribution in [0.3, 0.4) is 0 Å². The molecule has 1 aliphatic rings. The normalized spacial score (nSPS) is 17.1. The molecule has 0 bridgehead atoms. The van der Waals surface area contributed by atoms with Crippen molar-refractivity contribution in [1.29, 1.82) is 0 Å². The minimum absolute atomic E-state index is 0.285. The summed E-state index contributed by atoms with van der Waals surface area (Å²) in [6.07, 6.45) is 0. The lowest BCUT2D eigenvalue weighted by atomic mass is 10.2. The first-order valence-electron chi connectivity index (χ1n) is 4.86. The second-order valence-corrected chi connectivity index (χ2v) is 6.72. The molecular weight excluding hydrogens is 294 g/mol. The summed E-state index contributed by atoms with van der Waals surface area (Å²) in [6, 6.07) is 5.07. The fraction of sp³-hybridized carbons (Fsp3) is 0.400. The highest BCUT2D eigenvalue weighted by Gasteiger charge is 2.35. The molecule has 0 aliphatic carbocycles. The second-order valence-electron chi connectivity index (χ2n) is 3.67. The van der Waals surface area contributed by atoms with Crippen LogP contribution in [0.1, 0.15) is 5.56 Å². The number of hydrogen-bond donors (Lipinski definition) is 1. The molecule has 16 heavy (non-hydrogen) atoms. The first-order valence-corrected chi connectivity index (χ1v) is 7.20. The lowest BCUT2D eigenvalue weighted by Gasteiger charge is -2.26. The fourth-order valence-corrected chi connectivity index (χ4v) is 4.08. The van der Waals surface area contributed by atoms with E-state index in [2.05, 4.69) is 15.9 Å². The summed E-state index contributed by atoms with van der Waals surface area (Å²) in [5.41, 5.74) is 6.38. The summed E-state index contributed by atoms with van der Waals surface area (Å²) in [4.78, 5) is 0.318. The van der Waals surface area contributed by atoms with Crippen molar-refractivity contribution in [3.8, 4) is 0 Å². The molecule has 1 heterocycles. The average Bonchev–Trinajstić information content (AvgIpc) is 2.13. The highest BCUT2D eigenvalue weighted by atomic mass is 79.9. The Labute approximate surface area is 103 Å². The minimum atomic E-state index is -3.27. The molecule has 1 saturated heterocycles. The Hall–Kier alpha value is -0.430. The molecular formula is C10H12BrNO3S. The molecule has 0 saturated carbocycles. The molecule has 1 aromatic carbocycles. The summed E-state index contributed by atoms with van der Waals surface area (Å²) in [6.45, 7) is 0.965. The largest absolute Gasteiger partial charge is 0.379 e. The molecule has 0 amide bonds. The second kappa shape index (κ2) is 4.44. The van der Waals surface area contributed by atoms with E-state index in [0.29, 0.717) is 15.9 Å². The number of ether oxygens (including phenoxy) is 1. The molecule has 0 spiro atoms. The van der Waals surface area contributed by atoms with Gasteiger partial charge in [-0.05, 0) is 33.6 Å². The molecule has 6 heteroatoms. The number of hydrogen-bond acceptors (Lipinski definition) is 4. The van der Waals surface area contributed by atoms with Crippen LogP contribution in [0.25, 0.3) is 0 Å². The maximum atomic E-state index is 12.1. The van der Waals surface area contributed by atoms with Gasteiger partial charge in [0.2, 0.25) is 0 Å².